The quantitative estimate of drug-likeness (QED) is 0.0902. The highest BCUT2D eigenvalue weighted by Gasteiger charge is 2.45. The van der Waals surface area contributed by atoms with E-state index in [9.17, 15) is 19.1 Å². The van der Waals surface area contributed by atoms with Crippen LogP contribution in [0.1, 0.15) is 43.0 Å². The van der Waals surface area contributed by atoms with Crippen LogP contribution in [0.15, 0.2) is 94.5 Å². The zero-order valence-corrected chi connectivity index (χ0v) is 26.6. The molecule has 0 radical (unpaired) electrons. The van der Waals surface area contributed by atoms with Crippen molar-refractivity contribution in [3.63, 3.8) is 0 Å². The number of methoxy groups -OCH3 is 1. The van der Waals surface area contributed by atoms with Crippen molar-refractivity contribution in [1.29, 1.82) is 0 Å². The van der Waals surface area contributed by atoms with E-state index in [0.29, 0.717) is 39.7 Å². The van der Waals surface area contributed by atoms with Gasteiger partial charge in [-0.15, -0.1) is 10.2 Å². The Balaban J connectivity index is 1.48. The van der Waals surface area contributed by atoms with Crippen LogP contribution in [-0.2, 0) is 15.3 Å². The van der Waals surface area contributed by atoms with Crippen LogP contribution in [0, 0.1) is 11.7 Å². The molecule has 0 spiro atoms. The van der Waals surface area contributed by atoms with E-state index >= 15 is 0 Å². The summed E-state index contributed by atoms with van der Waals surface area (Å²) >= 11 is 2.54. The predicted octanol–water partition coefficient (Wildman–Crippen LogP) is 7.59. The number of aliphatic hydroxyl groups is 1. The first-order valence-corrected chi connectivity index (χ1v) is 16.1. The Bertz CT molecular complexity index is 1720. The molecule has 1 unspecified atom stereocenters. The average Bonchev–Trinajstić information content (AvgIpc) is 3.61. The van der Waals surface area contributed by atoms with Gasteiger partial charge in [0.15, 0.2) is 27.4 Å². The Labute approximate surface area is 269 Å². The van der Waals surface area contributed by atoms with Gasteiger partial charge in [0.05, 0.1) is 25.3 Å². The third kappa shape index (κ3) is 7.61. The van der Waals surface area contributed by atoms with Gasteiger partial charge in [0.25, 0.3) is 5.91 Å². The zero-order valence-electron chi connectivity index (χ0n) is 25.0. The van der Waals surface area contributed by atoms with Gasteiger partial charge in [-0.3, -0.25) is 14.5 Å². The van der Waals surface area contributed by atoms with Crippen LogP contribution in [0.4, 0.5) is 9.52 Å². The topological polar surface area (TPSA) is 102 Å². The number of nitrogens with zero attached hydrogens (tertiary/aromatic N) is 3. The molecule has 1 amide bonds. The normalized spacial score (nSPS) is 15.0. The SMILES string of the molecule is COc1cc(C2C(C(=O)C=Cc3ccccc3)=C(O)C(=O)N2c2nnc(SCc3ccc(F)cc3)s2)ccc1OCCC(C)C. The van der Waals surface area contributed by atoms with E-state index in [1.54, 1.807) is 36.4 Å². The summed E-state index contributed by atoms with van der Waals surface area (Å²) < 4.78 is 25.5. The van der Waals surface area contributed by atoms with Crippen LogP contribution < -0.4 is 14.4 Å². The summed E-state index contributed by atoms with van der Waals surface area (Å²) in [6.45, 7) is 4.72. The van der Waals surface area contributed by atoms with E-state index in [1.807, 2.05) is 30.3 Å². The number of aliphatic hydroxyl groups excluding tert-OH is 1. The molecular formula is C34H32FN3O5S2. The predicted molar refractivity (Wildman–Crippen MR) is 174 cm³/mol. The minimum absolute atomic E-state index is 0.0848. The summed E-state index contributed by atoms with van der Waals surface area (Å²) in [5, 5.41) is 19.8. The molecule has 0 saturated carbocycles. The maximum absolute atomic E-state index is 13.6. The molecule has 232 valence electrons. The van der Waals surface area contributed by atoms with E-state index in [4.69, 9.17) is 9.47 Å². The monoisotopic (exact) mass is 645 g/mol. The van der Waals surface area contributed by atoms with Gasteiger partial charge in [-0.25, -0.2) is 4.39 Å². The number of aromatic nitrogens is 2. The van der Waals surface area contributed by atoms with Crippen molar-refractivity contribution in [2.24, 2.45) is 5.92 Å². The Morgan fingerprint density at radius 1 is 1.09 bits per heavy atom. The van der Waals surface area contributed by atoms with Crippen LogP contribution in [0.5, 0.6) is 11.5 Å². The van der Waals surface area contributed by atoms with Gasteiger partial charge in [-0.1, -0.05) is 91.6 Å². The summed E-state index contributed by atoms with van der Waals surface area (Å²) in [5.74, 6) is -0.336. The van der Waals surface area contributed by atoms with Crippen LogP contribution in [-0.4, -0.2) is 40.7 Å². The van der Waals surface area contributed by atoms with Crippen molar-refractivity contribution in [1.82, 2.24) is 10.2 Å². The van der Waals surface area contributed by atoms with E-state index in [1.165, 1.54) is 42.0 Å². The average molecular weight is 646 g/mol. The molecule has 4 aromatic rings. The van der Waals surface area contributed by atoms with Crippen molar-refractivity contribution in [2.45, 2.75) is 36.4 Å². The van der Waals surface area contributed by atoms with E-state index < -0.39 is 23.5 Å². The molecule has 0 saturated heterocycles. The number of rotatable bonds is 13. The summed E-state index contributed by atoms with van der Waals surface area (Å²) in [7, 11) is 1.52. The third-order valence-corrected chi connectivity index (χ3v) is 9.16. The number of thioether (sulfide) groups is 1. The first-order chi connectivity index (χ1) is 21.7. The lowest BCUT2D eigenvalue weighted by Gasteiger charge is -2.24. The molecule has 1 aliphatic heterocycles. The molecule has 0 bridgehead atoms. The fourth-order valence-electron chi connectivity index (χ4n) is 4.66. The highest BCUT2D eigenvalue weighted by Crippen LogP contribution is 2.45. The van der Waals surface area contributed by atoms with Crippen LogP contribution in [0.2, 0.25) is 0 Å². The number of hydrogen-bond donors (Lipinski definition) is 1. The maximum atomic E-state index is 13.6. The number of carbonyl (C=O) groups is 2. The number of anilines is 1. The summed E-state index contributed by atoms with van der Waals surface area (Å²) in [4.78, 5) is 28.5. The van der Waals surface area contributed by atoms with Crippen molar-refractivity contribution in [2.75, 3.05) is 18.6 Å². The number of allylic oxidation sites excluding steroid dienone is 1. The lowest BCUT2D eigenvalue weighted by molar-refractivity contribution is -0.117. The highest BCUT2D eigenvalue weighted by atomic mass is 32.2. The van der Waals surface area contributed by atoms with Gasteiger partial charge in [0.1, 0.15) is 5.82 Å². The van der Waals surface area contributed by atoms with Crippen LogP contribution in [0.25, 0.3) is 6.08 Å². The lowest BCUT2D eigenvalue weighted by Crippen LogP contribution is -2.30. The number of hydrogen-bond acceptors (Lipinski definition) is 9. The molecule has 3 aromatic carbocycles. The van der Waals surface area contributed by atoms with Crippen molar-refractivity contribution < 1.29 is 28.6 Å². The van der Waals surface area contributed by atoms with Gasteiger partial charge in [-0.2, -0.15) is 0 Å². The molecule has 1 aromatic heterocycles. The maximum Gasteiger partial charge on any atom is 0.296 e. The van der Waals surface area contributed by atoms with Gasteiger partial charge in [-0.05, 0) is 59.4 Å². The first kappa shape index (κ1) is 31.9. The summed E-state index contributed by atoms with van der Waals surface area (Å²) in [6, 6.07) is 19.6. The molecular weight excluding hydrogens is 614 g/mol. The second kappa shape index (κ2) is 14.5. The number of amides is 1. The number of benzene rings is 3. The van der Waals surface area contributed by atoms with E-state index in [2.05, 4.69) is 24.0 Å². The molecule has 1 aliphatic rings. The molecule has 1 atom stereocenters. The van der Waals surface area contributed by atoms with Crippen LogP contribution in [0.3, 0.4) is 0 Å². The molecule has 8 nitrogen and oxygen atoms in total. The number of carbonyl (C=O) groups excluding carboxylic acids is 2. The van der Waals surface area contributed by atoms with Crippen LogP contribution >= 0.6 is 23.1 Å². The zero-order chi connectivity index (χ0) is 31.9. The molecule has 1 N–H and O–H groups in total. The number of halogens is 1. The second-order valence-corrected chi connectivity index (χ2v) is 12.8. The first-order valence-electron chi connectivity index (χ1n) is 14.3. The summed E-state index contributed by atoms with van der Waals surface area (Å²) in [6.07, 6.45) is 3.83. The second-order valence-electron chi connectivity index (χ2n) is 10.7. The smallest absolute Gasteiger partial charge is 0.296 e. The van der Waals surface area contributed by atoms with E-state index in [-0.39, 0.29) is 16.5 Å². The standard InChI is InChI=1S/C34H32FN3O5S2/c1-21(2)17-18-43-27-16-12-24(19-28(27)42-3)30-29(26(39)15-11-22-7-5-4-6-8-22)31(40)32(41)38(30)33-36-37-34(45-33)44-20-23-9-13-25(35)14-10-23/h4-16,19,21,30,40H,17-18,20H2,1-3H3. The molecule has 0 aliphatic carbocycles. The van der Waals surface area contributed by atoms with Gasteiger partial charge in [0, 0.05) is 5.75 Å². The highest BCUT2D eigenvalue weighted by molar-refractivity contribution is 8.00. The largest absolute Gasteiger partial charge is 0.503 e. The number of ether oxygens (including phenoxy) is 2. The van der Waals surface area contributed by atoms with Crippen molar-refractivity contribution in [3.8, 4) is 11.5 Å². The molecule has 0 fully saturated rings. The summed E-state index contributed by atoms with van der Waals surface area (Å²) in [5.41, 5.74) is 2.12. The lowest BCUT2D eigenvalue weighted by atomic mass is 9.95. The molecule has 2 heterocycles. The van der Waals surface area contributed by atoms with Gasteiger partial charge < -0.3 is 14.6 Å². The fraction of sp³-hybridized carbons (Fsp3) is 0.235. The Morgan fingerprint density at radius 2 is 1.84 bits per heavy atom. The van der Waals surface area contributed by atoms with Crippen molar-refractivity contribution >= 4 is 46.0 Å². The van der Waals surface area contributed by atoms with Crippen molar-refractivity contribution in [3.05, 3.63) is 113 Å². The molecule has 45 heavy (non-hydrogen) atoms. The minimum Gasteiger partial charge on any atom is -0.503 e. The Hall–Kier alpha value is -4.48. The Morgan fingerprint density at radius 3 is 2.56 bits per heavy atom. The minimum atomic E-state index is -1.01. The molecule has 11 heteroatoms. The van der Waals surface area contributed by atoms with Gasteiger partial charge >= 0.3 is 0 Å². The van der Waals surface area contributed by atoms with Gasteiger partial charge in [0.2, 0.25) is 5.13 Å². The fourth-order valence-corrected chi connectivity index (χ4v) is 6.48. The number of ketones is 1. The Kier molecular flexibility index (Phi) is 10.3. The van der Waals surface area contributed by atoms with E-state index in [0.717, 1.165) is 28.9 Å². The molecule has 5 rings (SSSR count). The third-order valence-electron chi connectivity index (χ3n) is 7.03.